The Labute approximate surface area is 225 Å². The topological polar surface area (TPSA) is 79.2 Å². The van der Waals surface area contributed by atoms with Gasteiger partial charge in [-0.05, 0) is 40.4 Å². The normalized spacial score (nSPS) is 13.9. The lowest BCUT2D eigenvalue weighted by atomic mass is 10.1. The summed E-state index contributed by atoms with van der Waals surface area (Å²) in [5.41, 5.74) is 0. The Hall–Kier alpha value is 0.0300. The third-order valence-corrected chi connectivity index (χ3v) is 7.17. The minimum absolute atomic E-state index is 0.189. The number of phosphoric acid groups is 1. The molecule has 0 aromatic heterocycles. The molecular weight excluding hydrogens is 473 g/mol. The van der Waals surface area contributed by atoms with E-state index in [1.54, 1.807) is 0 Å². The maximum Gasteiger partial charge on any atom is 0.472 e. The molecule has 0 rings (SSSR count). The van der Waals surface area contributed by atoms with Gasteiger partial charge in [0.15, 0.2) is 0 Å². The number of hydrogen-bond donors (Lipinski definition) is 2. The van der Waals surface area contributed by atoms with Gasteiger partial charge in [-0.15, -0.1) is 0 Å². The SMILES string of the molecule is CCCCCCCCCCCCN(C)C.CCCCCCCCCCCCOP(=O)(O)OCC(C)O. The summed E-state index contributed by atoms with van der Waals surface area (Å²) in [6.07, 6.45) is 25.6. The highest BCUT2D eigenvalue weighted by atomic mass is 31.2. The van der Waals surface area contributed by atoms with E-state index in [0.29, 0.717) is 0 Å². The average molecular weight is 538 g/mol. The molecule has 0 aromatic carbocycles. The van der Waals surface area contributed by atoms with Crippen molar-refractivity contribution in [3.8, 4) is 0 Å². The lowest BCUT2D eigenvalue weighted by Crippen LogP contribution is -2.12. The molecule has 0 spiro atoms. The molecule has 0 saturated heterocycles. The van der Waals surface area contributed by atoms with Gasteiger partial charge >= 0.3 is 7.82 Å². The van der Waals surface area contributed by atoms with Crippen LogP contribution in [-0.2, 0) is 13.6 Å². The van der Waals surface area contributed by atoms with Gasteiger partial charge in [-0.25, -0.2) is 4.57 Å². The van der Waals surface area contributed by atoms with Crippen LogP contribution in [0.2, 0.25) is 0 Å². The summed E-state index contributed by atoms with van der Waals surface area (Å²) in [5.74, 6) is 0. The number of nitrogens with zero attached hydrogens (tertiary/aromatic N) is 1. The van der Waals surface area contributed by atoms with Gasteiger partial charge in [0.05, 0.1) is 19.3 Å². The Kier molecular flexibility index (Phi) is 31.4. The highest BCUT2D eigenvalue weighted by molar-refractivity contribution is 7.47. The minimum atomic E-state index is -3.98. The molecule has 0 radical (unpaired) electrons. The predicted octanol–water partition coefficient (Wildman–Crippen LogP) is 8.89. The highest BCUT2D eigenvalue weighted by Gasteiger charge is 2.21. The Balaban J connectivity index is 0. The van der Waals surface area contributed by atoms with Gasteiger partial charge in [0.2, 0.25) is 0 Å². The molecule has 6 nitrogen and oxygen atoms in total. The van der Waals surface area contributed by atoms with Crippen molar-refractivity contribution < 1.29 is 23.6 Å². The minimum Gasteiger partial charge on any atom is -0.391 e. The number of aliphatic hydroxyl groups is 1. The molecule has 0 aliphatic heterocycles. The number of phosphoric ester groups is 1. The van der Waals surface area contributed by atoms with Crippen molar-refractivity contribution in [1.29, 1.82) is 0 Å². The van der Waals surface area contributed by atoms with Crippen LogP contribution >= 0.6 is 7.82 Å². The Morgan fingerprint density at radius 3 is 1.36 bits per heavy atom. The van der Waals surface area contributed by atoms with Gasteiger partial charge < -0.3 is 14.9 Å². The van der Waals surface area contributed by atoms with Crippen molar-refractivity contribution in [1.82, 2.24) is 4.90 Å². The molecule has 2 atom stereocenters. The molecule has 36 heavy (non-hydrogen) atoms. The van der Waals surface area contributed by atoms with Crippen molar-refractivity contribution >= 4 is 7.82 Å². The zero-order valence-electron chi connectivity index (χ0n) is 24.9. The molecule has 0 heterocycles. The van der Waals surface area contributed by atoms with Gasteiger partial charge in [0.25, 0.3) is 0 Å². The maximum atomic E-state index is 11.4. The third-order valence-electron chi connectivity index (χ3n) is 6.19. The first-order valence-corrected chi connectivity index (χ1v) is 16.7. The van der Waals surface area contributed by atoms with Crippen LogP contribution in [0.5, 0.6) is 0 Å². The van der Waals surface area contributed by atoms with E-state index in [4.69, 9.17) is 9.63 Å². The molecule has 0 amide bonds. The van der Waals surface area contributed by atoms with Crippen molar-refractivity contribution in [3.63, 3.8) is 0 Å². The fraction of sp³-hybridized carbons (Fsp3) is 1.00. The first-order chi connectivity index (χ1) is 17.2. The van der Waals surface area contributed by atoms with Crippen LogP contribution in [0, 0.1) is 0 Å². The summed E-state index contributed by atoms with van der Waals surface area (Å²) in [7, 11) is 0.337. The monoisotopic (exact) mass is 537 g/mol. The second kappa shape index (κ2) is 29.6. The van der Waals surface area contributed by atoms with Crippen molar-refractivity contribution in [3.05, 3.63) is 0 Å². The van der Waals surface area contributed by atoms with E-state index in [1.165, 1.54) is 123 Å². The van der Waals surface area contributed by atoms with Gasteiger partial charge in [-0.2, -0.15) is 0 Å². The van der Waals surface area contributed by atoms with Crippen LogP contribution in [0.4, 0.5) is 0 Å². The molecule has 2 unspecified atom stereocenters. The first kappa shape index (κ1) is 38.2. The second-order valence-corrected chi connectivity index (χ2v) is 12.1. The fourth-order valence-electron chi connectivity index (χ4n) is 3.92. The summed E-state index contributed by atoms with van der Waals surface area (Å²) in [6, 6.07) is 0. The van der Waals surface area contributed by atoms with Crippen LogP contribution in [0.25, 0.3) is 0 Å². The second-order valence-electron chi connectivity index (χ2n) is 10.6. The van der Waals surface area contributed by atoms with Gasteiger partial charge in [0, 0.05) is 0 Å². The number of aliphatic hydroxyl groups excluding tert-OH is 1. The summed E-state index contributed by atoms with van der Waals surface area (Å²) >= 11 is 0. The summed E-state index contributed by atoms with van der Waals surface area (Å²) in [6.45, 7) is 7.29. The van der Waals surface area contributed by atoms with Crippen LogP contribution < -0.4 is 0 Å². The molecule has 0 aliphatic carbocycles. The lowest BCUT2D eigenvalue weighted by molar-refractivity contribution is 0.0823. The van der Waals surface area contributed by atoms with Gasteiger partial charge in [0.1, 0.15) is 0 Å². The predicted molar refractivity (Wildman–Crippen MR) is 156 cm³/mol. The molecule has 0 saturated carbocycles. The van der Waals surface area contributed by atoms with Crippen molar-refractivity contribution in [2.45, 2.75) is 155 Å². The smallest absolute Gasteiger partial charge is 0.391 e. The van der Waals surface area contributed by atoms with E-state index in [2.05, 4.69) is 37.4 Å². The molecule has 7 heteroatoms. The van der Waals surface area contributed by atoms with Gasteiger partial charge in [-0.1, -0.05) is 129 Å². The lowest BCUT2D eigenvalue weighted by Gasteiger charge is -2.13. The number of hydrogen-bond acceptors (Lipinski definition) is 5. The molecule has 0 aliphatic rings. The van der Waals surface area contributed by atoms with E-state index < -0.39 is 13.9 Å². The van der Waals surface area contributed by atoms with Crippen LogP contribution in [-0.4, -0.2) is 54.9 Å². The van der Waals surface area contributed by atoms with Crippen LogP contribution in [0.1, 0.15) is 149 Å². The largest absolute Gasteiger partial charge is 0.472 e. The number of unbranched alkanes of at least 4 members (excludes halogenated alkanes) is 18. The molecule has 220 valence electrons. The average Bonchev–Trinajstić information content (AvgIpc) is 2.83. The molecule has 0 aromatic rings. The Morgan fingerprint density at radius 1 is 0.639 bits per heavy atom. The van der Waals surface area contributed by atoms with E-state index in [1.807, 2.05) is 0 Å². The fourth-order valence-corrected chi connectivity index (χ4v) is 4.76. The van der Waals surface area contributed by atoms with E-state index in [-0.39, 0.29) is 13.2 Å². The van der Waals surface area contributed by atoms with Gasteiger partial charge in [-0.3, -0.25) is 9.05 Å². The Bertz CT molecular complexity index is 463. The zero-order valence-corrected chi connectivity index (χ0v) is 25.7. The number of rotatable bonds is 26. The van der Waals surface area contributed by atoms with E-state index >= 15 is 0 Å². The van der Waals surface area contributed by atoms with Crippen LogP contribution in [0.15, 0.2) is 0 Å². The maximum absolute atomic E-state index is 11.4. The summed E-state index contributed by atoms with van der Waals surface area (Å²) in [5, 5.41) is 8.96. The van der Waals surface area contributed by atoms with E-state index in [9.17, 15) is 9.46 Å². The summed E-state index contributed by atoms with van der Waals surface area (Å²) in [4.78, 5) is 11.6. The molecule has 0 bridgehead atoms. The quantitative estimate of drug-likeness (QED) is 0.0847. The van der Waals surface area contributed by atoms with E-state index in [0.717, 1.165) is 19.3 Å². The third kappa shape index (κ3) is 36.2. The van der Waals surface area contributed by atoms with Crippen molar-refractivity contribution in [2.75, 3.05) is 33.9 Å². The zero-order chi connectivity index (χ0) is 27.3. The first-order valence-electron chi connectivity index (χ1n) is 15.2. The molecule has 0 fully saturated rings. The highest BCUT2D eigenvalue weighted by Crippen LogP contribution is 2.43. The summed E-state index contributed by atoms with van der Waals surface area (Å²) < 4.78 is 20.8. The standard InChI is InChI=1S/C15H33O5P.C14H31N/c1-3-4-5-6-7-8-9-10-11-12-13-19-21(17,18)20-14-15(2)16;1-4-5-6-7-8-9-10-11-12-13-14-15(2)3/h15-16H,3-14H2,1-2H3,(H,17,18);4-14H2,1-3H3. The van der Waals surface area contributed by atoms with Crippen LogP contribution in [0.3, 0.4) is 0 Å². The Morgan fingerprint density at radius 2 is 1.00 bits per heavy atom. The van der Waals surface area contributed by atoms with Crippen molar-refractivity contribution in [2.24, 2.45) is 0 Å². The molecular formula is C29H64NO5P. The molecule has 2 N–H and O–H groups in total.